The Kier molecular flexibility index (Phi) is 3.74. The molecule has 0 heterocycles. The van der Waals surface area contributed by atoms with Crippen LogP contribution in [-0.2, 0) is 0 Å². The number of hydrogen-bond acceptors (Lipinski definition) is 2. The molecule has 0 aliphatic carbocycles. The molecule has 0 aromatic heterocycles. The molecule has 0 fully saturated rings. The Hall–Kier alpha value is -1.49. The molecule has 2 heteroatoms. The molecule has 80 valence electrons. The summed E-state index contributed by atoms with van der Waals surface area (Å²) in [5.41, 5.74) is 3.11. The molecule has 1 unspecified atom stereocenters. The van der Waals surface area contributed by atoms with Gasteiger partial charge in [0.1, 0.15) is 0 Å². The van der Waals surface area contributed by atoms with E-state index in [4.69, 9.17) is 5.26 Å². The van der Waals surface area contributed by atoms with Gasteiger partial charge in [-0.2, -0.15) is 5.26 Å². The lowest BCUT2D eigenvalue weighted by Gasteiger charge is -2.27. The van der Waals surface area contributed by atoms with Gasteiger partial charge < -0.3 is 4.90 Å². The molecule has 0 saturated heterocycles. The Labute approximate surface area is 92.1 Å². The van der Waals surface area contributed by atoms with Crippen molar-refractivity contribution in [3.8, 4) is 6.07 Å². The SMILES string of the molecule is CCC(C)N(C)c1ccc(C#N)cc1C. The normalized spacial score (nSPS) is 11.9. The molecule has 0 bridgehead atoms. The maximum atomic E-state index is 8.78. The van der Waals surface area contributed by atoms with Crippen LogP contribution in [-0.4, -0.2) is 13.1 Å². The molecule has 0 N–H and O–H groups in total. The van der Waals surface area contributed by atoms with E-state index in [9.17, 15) is 0 Å². The summed E-state index contributed by atoms with van der Waals surface area (Å²) < 4.78 is 0. The summed E-state index contributed by atoms with van der Waals surface area (Å²) in [7, 11) is 2.10. The quantitative estimate of drug-likeness (QED) is 0.753. The van der Waals surface area contributed by atoms with Crippen molar-refractivity contribution in [2.24, 2.45) is 0 Å². The average molecular weight is 202 g/mol. The number of rotatable bonds is 3. The largest absolute Gasteiger partial charge is 0.372 e. The lowest BCUT2D eigenvalue weighted by atomic mass is 10.1. The second-order valence-electron chi connectivity index (χ2n) is 3.98. The van der Waals surface area contributed by atoms with E-state index in [0.717, 1.165) is 17.5 Å². The molecule has 0 spiro atoms. The van der Waals surface area contributed by atoms with Gasteiger partial charge in [-0.3, -0.25) is 0 Å². The Balaban J connectivity index is 3.01. The van der Waals surface area contributed by atoms with Gasteiger partial charge in [-0.15, -0.1) is 0 Å². The first-order chi connectivity index (χ1) is 7.10. The highest BCUT2D eigenvalue weighted by Gasteiger charge is 2.10. The Morgan fingerprint density at radius 2 is 2.13 bits per heavy atom. The molecule has 0 amide bonds. The van der Waals surface area contributed by atoms with Crippen molar-refractivity contribution in [3.63, 3.8) is 0 Å². The number of anilines is 1. The lowest BCUT2D eigenvalue weighted by Crippen LogP contribution is -2.28. The van der Waals surface area contributed by atoms with Crippen LogP contribution in [0.5, 0.6) is 0 Å². The van der Waals surface area contributed by atoms with E-state index >= 15 is 0 Å². The predicted molar refractivity (Wildman–Crippen MR) is 64.1 cm³/mol. The summed E-state index contributed by atoms with van der Waals surface area (Å²) in [5.74, 6) is 0. The van der Waals surface area contributed by atoms with Crippen LogP contribution in [0.3, 0.4) is 0 Å². The summed E-state index contributed by atoms with van der Waals surface area (Å²) in [4.78, 5) is 2.26. The number of aryl methyl sites for hydroxylation is 1. The van der Waals surface area contributed by atoms with Crippen molar-refractivity contribution in [3.05, 3.63) is 29.3 Å². The van der Waals surface area contributed by atoms with E-state index in [2.05, 4.69) is 38.8 Å². The molecule has 15 heavy (non-hydrogen) atoms. The smallest absolute Gasteiger partial charge is 0.0991 e. The third kappa shape index (κ3) is 2.50. The second-order valence-corrected chi connectivity index (χ2v) is 3.98. The van der Waals surface area contributed by atoms with E-state index in [1.165, 1.54) is 5.69 Å². The van der Waals surface area contributed by atoms with Crippen LogP contribution in [0, 0.1) is 18.3 Å². The molecular weight excluding hydrogens is 184 g/mol. The molecule has 0 aliphatic rings. The second kappa shape index (κ2) is 4.84. The van der Waals surface area contributed by atoms with Gasteiger partial charge in [-0.05, 0) is 44.0 Å². The first-order valence-corrected chi connectivity index (χ1v) is 5.33. The minimum absolute atomic E-state index is 0.525. The van der Waals surface area contributed by atoms with E-state index in [0.29, 0.717) is 6.04 Å². The van der Waals surface area contributed by atoms with E-state index in [-0.39, 0.29) is 0 Å². The van der Waals surface area contributed by atoms with Crippen molar-refractivity contribution in [2.75, 3.05) is 11.9 Å². The van der Waals surface area contributed by atoms with Gasteiger partial charge in [-0.25, -0.2) is 0 Å². The lowest BCUT2D eigenvalue weighted by molar-refractivity contribution is 0.662. The fourth-order valence-electron chi connectivity index (χ4n) is 1.63. The van der Waals surface area contributed by atoms with Crippen molar-refractivity contribution < 1.29 is 0 Å². The van der Waals surface area contributed by atoms with Crippen LogP contribution in [0.2, 0.25) is 0 Å². The fraction of sp³-hybridized carbons (Fsp3) is 0.462. The molecule has 2 nitrogen and oxygen atoms in total. The number of benzene rings is 1. The fourth-order valence-corrected chi connectivity index (χ4v) is 1.63. The van der Waals surface area contributed by atoms with Gasteiger partial charge in [0, 0.05) is 18.8 Å². The van der Waals surface area contributed by atoms with E-state index in [1.807, 2.05) is 18.2 Å². The zero-order valence-corrected chi connectivity index (χ0v) is 9.91. The Morgan fingerprint density at radius 1 is 1.47 bits per heavy atom. The highest BCUT2D eigenvalue weighted by Crippen LogP contribution is 2.22. The zero-order valence-electron chi connectivity index (χ0n) is 9.91. The first-order valence-electron chi connectivity index (χ1n) is 5.33. The van der Waals surface area contributed by atoms with Gasteiger partial charge >= 0.3 is 0 Å². The maximum absolute atomic E-state index is 8.78. The molecule has 1 rings (SSSR count). The van der Waals surface area contributed by atoms with Crippen LogP contribution in [0.25, 0.3) is 0 Å². The number of nitriles is 1. The maximum Gasteiger partial charge on any atom is 0.0991 e. The highest BCUT2D eigenvalue weighted by atomic mass is 15.1. The monoisotopic (exact) mass is 202 g/mol. The molecule has 1 aromatic carbocycles. The third-order valence-corrected chi connectivity index (χ3v) is 2.96. The molecule has 1 aromatic rings. The van der Waals surface area contributed by atoms with E-state index in [1.54, 1.807) is 0 Å². The zero-order chi connectivity index (χ0) is 11.4. The minimum atomic E-state index is 0.525. The minimum Gasteiger partial charge on any atom is -0.372 e. The summed E-state index contributed by atoms with van der Waals surface area (Å²) in [6.45, 7) is 6.44. The molecular formula is C13H18N2. The average Bonchev–Trinajstić information content (AvgIpc) is 2.26. The summed E-state index contributed by atoms with van der Waals surface area (Å²) in [6.07, 6.45) is 1.12. The van der Waals surface area contributed by atoms with Crippen LogP contribution < -0.4 is 4.90 Å². The summed E-state index contributed by atoms with van der Waals surface area (Å²) in [5, 5.41) is 8.78. The van der Waals surface area contributed by atoms with Crippen LogP contribution in [0.15, 0.2) is 18.2 Å². The predicted octanol–water partition coefficient (Wildman–Crippen LogP) is 3.10. The van der Waals surface area contributed by atoms with Crippen molar-refractivity contribution in [1.82, 2.24) is 0 Å². The Bertz CT molecular complexity index is 377. The van der Waals surface area contributed by atoms with Crippen molar-refractivity contribution >= 4 is 5.69 Å². The van der Waals surface area contributed by atoms with Gasteiger partial charge in [0.2, 0.25) is 0 Å². The van der Waals surface area contributed by atoms with Gasteiger partial charge in [0.15, 0.2) is 0 Å². The van der Waals surface area contributed by atoms with Crippen LogP contribution in [0.1, 0.15) is 31.4 Å². The van der Waals surface area contributed by atoms with Crippen molar-refractivity contribution in [2.45, 2.75) is 33.2 Å². The van der Waals surface area contributed by atoms with Gasteiger partial charge in [0.25, 0.3) is 0 Å². The standard InChI is InChI=1S/C13H18N2/c1-5-11(3)15(4)13-7-6-12(9-14)8-10(13)2/h6-8,11H,5H2,1-4H3. The first kappa shape index (κ1) is 11.6. The molecule has 1 atom stereocenters. The summed E-state index contributed by atoms with van der Waals surface area (Å²) in [6, 6.07) is 8.53. The van der Waals surface area contributed by atoms with E-state index < -0.39 is 0 Å². The third-order valence-electron chi connectivity index (χ3n) is 2.96. The molecule has 0 radical (unpaired) electrons. The summed E-state index contributed by atoms with van der Waals surface area (Å²) >= 11 is 0. The van der Waals surface area contributed by atoms with Gasteiger partial charge in [0.05, 0.1) is 11.6 Å². The topological polar surface area (TPSA) is 27.0 Å². The molecule has 0 aliphatic heterocycles. The van der Waals surface area contributed by atoms with Crippen molar-refractivity contribution in [1.29, 1.82) is 5.26 Å². The number of hydrogen-bond donors (Lipinski definition) is 0. The Morgan fingerprint density at radius 3 is 2.60 bits per heavy atom. The van der Waals surface area contributed by atoms with Crippen LogP contribution in [0.4, 0.5) is 5.69 Å². The highest BCUT2D eigenvalue weighted by molar-refractivity contribution is 5.56. The molecule has 0 saturated carbocycles. The van der Waals surface area contributed by atoms with Gasteiger partial charge in [-0.1, -0.05) is 6.92 Å². The number of nitrogens with zero attached hydrogens (tertiary/aromatic N) is 2. The van der Waals surface area contributed by atoms with Crippen LogP contribution >= 0.6 is 0 Å².